The molecule has 0 saturated carbocycles. The zero-order valence-corrected chi connectivity index (χ0v) is 10.4. The van der Waals surface area contributed by atoms with Gasteiger partial charge in [0.2, 0.25) is 5.28 Å². The molecule has 0 unspecified atom stereocenters. The molecule has 0 N–H and O–H groups in total. The molecule has 1 heterocycles. The van der Waals surface area contributed by atoms with Gasteiger partial charge in [0.25, 0.3) is 0 Å². The Labute approximate surface area is 98.8 Å². The number of benzene rings is 1. The molecule has 0 saturated heterocycles. The van der Waals surface area contributed by atoms with E-state index < -0.39 is 0 Å². The van der Waals surface area contributed by atoms with Crippen molar-refractivity contribution in [1.29, 1.82) is 0 Å². The molecule has 0 bridgehead atoms. The van der Waals surface area contributed by atoms with Crippen molar-refractivity contribution in [2.45, 2.75) is 26.3 Å². The van der Waals surface area contributed by atoms with E-state index in [0.29, 0.717) is 10.3 Å². The number of imidazole rings is 1. The van der Waals surface area contributed by atoms with Gasteiger partial charge in [0.1, 0.15) is 5.52 Å². The lowest BCUT2D eigenvalue weighted by Crippen LogP contribution is -2.21. The summed E-state index contributed by atoms with van der Waals surface area (Å²) in [6.45, 7) is 6.25. The second-order valence-electron chi connectivity index (χ2n) is 4.49. The first-order chi connectivity index (χ1) is 6.91. The predicted molar refractivity (Wildman–Crippen MR) is 64.7 cm³/mol. The third-order valence-corrected chi connectivity index (χ3v) is 2.82. The topological polar surface area (TPSA) is 17.8 Å². The number of hydrogen-bond acceptors (Lipinski definition) is 1. The second-order valence-corrected chi connectivity index (χ2v) is 5.24. The molecule has 80 valence electrons. The third kappa shape index (κ3) is 1.72. The molecule has 2 aromatic rings. The van der Waals surface area contributed by atoms with E-state index in [1.165, 1.54) is 0 Å². The van der Waals surface area contributed by atoms with Crippen LogP contribution < -0.4 is 0 Å². The minimum atomic E-state index is -0.101. The van der Waals surface area contributed by atoms with Gasteiger partial charge in [-0.1, -0.05) is 17.7 Å². The largest absolute Gasteiger partial charge is 0.309 e. The lowest BCUT2D eigenvalue weighted by Gasteiger charge is -2.22. The van der Waals surface area contributed by atoms with Crippen molar-refractivity contribution >= 4 is 34.2 Å². The van der Waals surface area contributed by atoms with E-state index in [1.54, 1.807) is 0 Å². The monoisotopic (exact) mass is 242 g/mol. The number of aromatic nitrogens is 2. The lowest BCUT2D eigenvalue weighted by molar-refractivity contribution is 0.409. The number of para-hydroxylation sites is 1. The van der Waals surface area contributed by atoms with E-state index in [0.717, 1.165) is 11.0 Å². The predicted octanol–water partition coefficient (Wildman–Crippen LogP) is 4.10. The average molecular weight is 243 g/mol. The molecule has 4 heteroatoms. The lowest BCUT2D eigenvalue weighted by atomic mass is 10.1. The van der Waals surface area contributed by atoms with Crippen LogP contribution in [0.25, 0.3) is 11.0 Å². The first-order valence-corrected chi connectivity index (χ1v) is 5.50. The van der Waals surface area contributed by atoms with E-state index in [1.807, 2.05) is 22.8 Å². The Balaban J connectivity index is 2.86. The van der Waals surface area contributed by atoms with Gasteiger partial charge >= 0.3 is 0 Å². The van der Waals surface area contributed by atoms with Gasteiger partial charge in [0.05, 0.1) is 10.5 Å². The number of hydrogen-bond donors (Lipinski definition) is 0. The van der Waals surface area contributed by atoms with Crippen molar-refractivity contribution in [1.82, 2.24) is 9.55 Å². The zero-order valence-electron chi connectivity index (χ0n) is 8.88. The normalized spacial score (nSPS) is 12.3. The Hall–Kier alpha value is -0.730. The van der Waals surface area contributed by atoms with E-state index >= 15 is 0 Å². The Morgan fingerprint density at radius 1 is 1.20 bits per heavy atom. The summed E-state index contributed by atoms with van der Waals surface area (Å²) in [6, 6.07) is 5.70. The maximum Gasteiger partial charge on any atom is 0.204 e. The van der Waals surface area contributed by atoms with Crippen LogP contribution in [0.3, 0.4) is 0 Å². The molecule has 2 rings (SSSR count). The molecular formula is C11H12Cl2N2. The van der Waals surface area contributed by atoms with Crippen LogP contribution in [0.2, 0.25) is 10.3 Å². The summed E-state index contributed by atoms with van der Waals surface area (Å²) in [7, 11) is 0. The zero-order chi connectivity index (χ0) is 11.2. The van der Waals surface area contributed by atoms with Gasteiger partial charge in [0, 0.05) is 5.54 Å². The van der Waals surface area contributed by atoms with Crippen LogP contribution >= 0.6 is 23.2 Å². The standard InChI is InChI=1S/C11H12Cl2N2/c1-11(2,3)15-8-6-4-5-7(12)9(8)14-10(15)13/h4-6H,1-3H3. The Kier molecular flexibility index (Phi) is 2.44. The highest BCUT2D eigenvalue weighted by Gasteiger charge is 2.21. The van der Waals surface area contributed by atoms with Gasteiger partial charge in [-0.05, 0) is 44.5 Å². The summed E-state index contributed by atoms with van der Waals surface area (Å²) in [5.74, 6) is 0. The smallest absolute Gasteiger partial charge is 0.204 e. The summed E-state index contributed by atoms with van der Waals surface area (Å²) >= 11 is 12.2. The fraction of sp³-hybridized carbons (Fsp3) is 0.364. The SMILES string of the molecule is CC(C)(C)n1c(Cl)nc2c(Cl)cccc21. The highest BCUT2D eigenvalue weighted by atomic mass is 35.5. The van der Waals surface area contributed by atoms with Crippen molar-refractivity contribution in [3.8, 4) is 0 Å². The van der Waals surface area contributed by atoms with Crippen LogP contribution in [0.15, 0.2) is 18.2 Å². The van der Waals surface area contributed by atoms with Gasteiger partial charge in [-0.3, -0.25) is 0 Å². The van der Waals surface area contributed by atoms with Crippen LogP contribution in [0, 0.1) is 0 Å². The maximum absolute atomic E-state index is 6.12. The number of fused-ring (bicyclic) bond motifs is 1. The van der Waals surface area contributed by atoms with Crippen molar-refractivity contribution < 1.29 is 0 Å². The summed E-state index contributed by atoms with van der Waals surface area (Å²) in [5, 5.41) is 1.11. The van der Waals surface area contributed by atoms with E-state index in [9.17, 15) is 0 Å². The van der Waals surface area contributed by atoms with Gasteiger partial charge in [0.15, 0.2) is 0 Å². The van der Waals surface area contributed by atoms with Gasteiger partial charge < -0.3 is 4.57 Å². The highest BCUT2D eigenvalue weighted by molar-refractivity contribution is 6.35. The fourth-order valence-electron chi connectivity index (χ4n) is 1.67. The molecule has 0 amide bonds. The molecular weight excluding hydrogens is 231 g/mol. The highest BCUT2D eigenvalue weighted by Crippen LogP contribution is 2.31. The second kappa shape index (κ2) is 3.39. The number of rotatable bonds is 0. The Morgan fingerprint density at radius 2 is 1.87 bits per heavy atom. The molecule has 0 atom stereocenters. The van der Waals surface area contributed by atoms with Crippen LogP contribution in [0.1, 0.15) is 20.8 Å². The summed E-state index contributed by atoms with van der Waals surface area (Å²) in [5.41, 5.74) is 1.63. The maximum atomic E-state index is 6.12. The molecule has 2 nitrogen and oxygen atoms in total. The fourth-order valence-corrected chi connectivity index (χ4v) is 2.32. The Bertz CT molecular complexity index is 509. The van der Waals surface area contributed by atoms with Crippen molar-refractivity contribution in [3.05, 3.63) is 28.5 Å². The van der Waals surface area contributed by atoms with E-state index in [4.69, 9.17) is 23.2 Å². The van der Waals surface area contributed by atoms with Crippen molar-refractivity contribution in [2.75, 3.05) is 0 Å². The molecule has 0 aliphatic heterocycles. The van der Waals surface area contributed by atoms with Gasteiger partial charge in [-0.25, -0.2) is 4.98 Å². The van der Waals surface area contributed by atoms with Gasteiger partial charge in [-0.15, -0.1) is 0 Å². The molecule has 1 aromatic carbocycles. The molecule has 0 radical (unpaired) electrons. The third-order valence-electron chi connectivity index (χ3n) is 2.27. The van der Waals surface area contributed by atoms with Crippen molar-refractivity contribution in [2.24, 2.45) is 0 Å². The summed E-state index contributed by atoms with van der Waals surface area (Å²) in [6.07, 6.45) is 0. The molecule has 0 aliphatic carbocycles. The molecule has 0 aliphatic rings. The first kappa shape index (κ1) is 10.8. The minimum absolute atomic E-state index is 0.101. The molecule has 15 heavy (non-hydrogen) atoms. The van der Waals surface area contributed by atoms with Crippen molar-refractivity contribution in [3.63, 3.8) is 0 Å². The summed E-state index contributed by atoms with van der Waals surface area (Å²) in [4.78, 5) is 4.28. The van der Waals surface area contributed by atoms with E-state index in [-0.39, 0.29) is 5.54 Å². The minimum Gasteiger partial charge on any atom is -0.309 e. The summed E-state index contributed by atoms with van der Waals surface area (Å²) < 4.78 is 1.98. The van der Waals surface area contributed by atoms with Crippen LogP contribution in [-0.4, -0.2) is 9.55 Å². The Morgan fingerprint density at radius 3 is 2.47 bits per heavy atom. The van der Waals surface area contributed by atoms with Crippen LogP contribution in [-0.2, 0) is 5.54 Å². The van der Waals surface area contributed by atoms with E-state index in [2.05, 4.69) is 25.8 Å². The number of nitrogens with zero attached hydrogens (tertiary/aromatic N) is 2. The quantitative estimate of drug-likeness (QED) is 0.681. The van der Waals surface area contributed by atoms with Crippen LogP contribution in [0.5, 0.6) is 0 Å². The molecule has 0 spiro atoms. The molecule has 1 aromatic heterocycles. The molecule has 0 fully saturated rings. The van der Waals surface area contributed by atoms with Crippen LogP contribution in [0.4, 0.5) is 0 Å². The first-order valence-electron chi connectivity index (χ1n) is 4.74. The van der Waals surface area contributed by atoms with Gasteiger partial charge in [-0.2, -0.15) is 0 Å². The average Bonchev–Trinajstić information content (AvgIpc) is 2.41. The number of halogens is 2.